The van der Waals surface area contributed by atoms with Crippen molar-refractivity contribution in [2.75, 3.05) is 0 Å². The van der Waals surface area contributed by atoms with Gasteiger partial charge in [0.05, 0.1) is 12.5 Å². The second-order valence-corrected chi connectivity index (χ2v) is 7.00. The lowest BCUT2D eigenvalue weighted by molar-refractivity contribution is -0.137. The summed E-state index contributed by atoms with van der Waals surface area (Å²) in [4.78, 5) is 12.0. The van der Waals surface area contributed by atoms with Gasteiger partial charge in [-0.25, -0.2) is 0 Å². The van der Waals surface area contributed by atoms with E-state index < -0.39 is 12.1 Å². The summed E-state index contributed by atoms with van der Waals surface area (Å²) >= 11 is 1.47. The Morgan fingerprint density at radius 2 is 1.73 bits per heavy atom. The number of aliphatic hydroxyl groups excluding tert-OH is 1. The first kappa shape index (κ1) is 19.0. The fourth-order valence-electron chi connectivity index (χ4n) is 2.42. The number of aliphatic hydroxyl groups is 1. The third-order valence-corrected chi connectivity index (χ3v) is 5.02. The van der Waals surface area contributed by atoms with Gasteiger partial charge in [-0.3, -0.25) is 4.79 Å². The summed E-state index contributed by atoms with van der Waals surface area (Å²) in [5.74, 6) is -0.851. The Morgan fingerprint density at radius 1 is 1.09 bits per heavy atom. The van der Waals surface area contributed by atoms with E-state index in [4.69, 9.17) is 5.11 Å². The molecule has 2 N–H and O–H groups in total. The van der Waals surface area contributed by atoms with Crippen molar-refractivity contribution in [1.82, 2.24) is 0 Å². The SMILES string of the molecule is CCCCCCCC[C@H](O)[C@@H](CC(=O)O)Sc1ccccc1. The van der Waals surface area contributed by atoms with Crippen LogP contribution < -0.4 is 0 Å². The molecule has 4 heteroatoms. The molecule has 0 aliphatic rings. The third kappa shape index (κ3) is 8.44. The van der Waals surface area contributed by atoms with Crippen LogP contribution in [0.5, 0.6) is 0 Å². The summed E-state index contributed by atoms with van der Waals surface area (Å²) in [7, 11) is 0. The molecule has 1 aromatic carbocycles. The Kier molecular flexibility index (Phi) is 10.0. The van der Waals surface area contributed by atoms with Gasteiger partial charge in [0, 0.05) is 10.1 Å². The van der Waals surface area contributed by atoms with E-state index in [0.717, 1.165) is 17.7 Å². The standard InChI is InChI=1S/C18H28O3S/c1-2-3-4-5-6-10-13-16(19)17(14-18(20)21)22-15-11-8-7-9-12-15/h7-9,11-12,16-17,19H,2-6,10,13-14H2,1H3,(H,20,21)/t16-,17+/m0/s1. The average Bonchev–Trinajstić information content (AvgIpc) is 2.50. The Labute approximate surface area is 138 Å². The molecule has 1 aromatic rings. The maximum absolute atomic E-state index is 11.0. The minimum Gasteiger partial charge on any atom is -0.481 e. The predicted molar refractivity (Wildman–Crippen MR) is 92.3 cm³/mol. The quantitative estimate of drug-likeness (QED) is 0.431. The van der Waals surface area contributed by atoms with E-state index in [1.807, 2.05) is 30.3 Å². The van der Waals surface area contributed by atoms with Gasteiger partial charge in [0.1, 0.15) is 0 Å². The van der Waals surface area contributed by atoms with Crippen molar-refractivity contribution in [3.8, 4) is 0 Å². The molecule has 0 spiro atoms. The molecule has 2 atom stereocenters. The number of rotatable bonds is 12. The van der Waals surface area contributed by atoms with Gasteiger partial charge in [0.25, 0.3) is 0 Å². The first-order valence-corrected chi connectivity index (χ1v) is 9.13. The van der Waals surface area contributed by atoms with E-state index in [9.17, 15) is 9.90 Å². The minimum absolute atomic E-state index is 0.00341. The Bertz CT molecular complexity index is 408. The molecular weight excluding hydrogens is 296 g/mol. The molecule has 0 heterocycles. The predicted octanol–water partition coefficient (Wildman–Crippen LogP) is 4.73. The van der Waals surface area contributed by atoms with Gasteiger partial charge in [-0.1, -0.05) is 63.6 Å². The minimum atomic E-state index is -0.851. The van der Waals surface area contributed by atoms with Gasteiger partial charge in [-0.05, 0) is 18.6 Å². The number of benzene rings is 1. The number of carbonyl (C=O) groups is 1. The van der Waals surface area contributed by atoms with Crippen LogP contribution in [0.2, 0.25) is 0 Å². The molecule has 22 heavy (non-hydrogen) atoms. The smallest absolute Gasteiger partial charge is 0.304 e. The van der Waals surface area contributed by atoms with Crippen LogP contribution in [0.1, 0.15) is 58.3 Å². The largest absolute Gasteiger partial charge is 0.481 e. The van der Waals surface area contributed by atoms with Crippen LogP contribution in [0.3, 0.4) is 0 Å². The first-order valence-electron chi connectivity index (χ1n) is 8.25. The fraction of sp³-hybridized carbons (Fsp3) is 0.611. The van der Waals surface area contributed by atoms with E-state index in [1.165, 1.54) is 37.4 Å². The molecule has 0 saturated heterocycles. The van der Waals surface area contributed by atoms with E-state index in [1.54, 1.807) is 0 Å². The Morgan fingerprint density at radius 3 is 2.36 bits per heavy atom. The number of aliphatic carboxylic acids is 1. The molecule has 0 unspecified atom stereocenters. The maximum atomic E-state index is 11.0. The highest BCUT2D eigenvalue weighted by atomic mass is 32.2. The van der Waals surface area contributed by atoms with Crippen LogP contribution in [0.25, 0.3) is 0 Å². The van der Waals surface area contributed by atoms with Crippen molar-refractivity contribution in [3.63, 3.8) is 0 Å². The van der Waals surface area contributed by atoms with Gasteiger partial charge >= 0.3 is 5.97 Å². The van der Waals surface area contributed by atoms with Gasteiger partial charge in [-0.2, -0.15) is 0 Å². The molecule has 0 aliphatic carbocycles. The van der Waals surface area contributed by atoms with Crippen LogP contribution in [0.15, 0.2) is 35.2 Å². The van der Waals surface area contributed by atoms with Crippen LogP contribution in [0.4, 0.5) is 0 Å². The highest BCUT2D eigenvalue weighted by Gasteiger charge is 2.23. The van der Waals surface area contributed by atoms with Crippen molar-refractivity contribution in [2.45, 2.75) is 74.5 Å². The zero-order chi connectivity index (χ0) is 16.2. The van der Waals surface area contributed by atoms with Crippen LogP contribution in [0, 0.1) is 0 Å². The normalized spacial score (nSPS) is 13.7. The number of carboxylic acids is 1. The van der Waals surface area contributed by atoms with Gasteiger partial charge in [0.2, 0.25) is 0 Å². The molecule has 0 amide bonds. The van der Waals surface area contributed by atoms with E-state index in [0.29, 0.717) is 6.42 Å². The number of carboxylic acid groups (broad SMARTS) is 1. The van der Waals surface area contributed by atoms with Crippen molar-refractivity contribution < 1.29 is 15.0 Å². The van der Waals surface area contributed by atoms with Crippen LogP contribution in [-0.2, 0) is 4.79 Å². The zero-order valence-corrected chi connectivity index (χ0v) is 14.2. The summed E-state index contributed by atoms with van der Waals surface area (Å²) in [5, 5.41) is 19.1. The zero-order valence-electron chi connectivity index (χ0n) is 13.4. The average molecular weight is 324 g/mol. The highest BCUT2D eigenvalue weighted by molar-refractivity contribution is 8.00. The third-order valence-electron chi connectivity index (χ3n) is 3.69. The summed E-state index contributed by atoms with van der Waals surface area (Å²) in [5.41, 5.74) is 0. The number of hydrogen-bond donors (Lipinski definition) is 2. The van der Waals surface area contributed by atoms with Gasteiger partial charge < -0.3 is 10.2 Å². The molecular formula is C18H28O3S. The summed E-state index contributed by atoms with van der Waals surface area (Å²) in [6, 6.07) is 9.71. The summed E-state index contributed by atoms with van der Waals surface area (Å²) in [6.07, 6.45) is 7.17. The van der Waals surface area contributed by atoms with Crippen molar-refractivity contribution in [3.05, 3.63) is 30.3 Å². The summed E-state index contributed by atoms with van der Waals surface area (Å²) in [6.45, 7) is 2.20. The van der Waals surface area contributed by atoms with E-state index >= 15 is 0 Å². The van der Waals surface area contributed by atoms with Crippen molar-refractivity contribution >= 4 is 17.7 Å². The lowest BCUT2D eigenvalue weighted by atomic mass is 10.0. The number of thioether (sulfide) groups is 1. The molecule has 0 bridgehead atoms. The Hall–Kier alpha value is -1.00. The second-order valence-electron chi connectivity index (χ2n) is 5.69. The highest BCUT2D eigenvalue weighted by Crippen LogP contribution is 2.29. The van der Waals surface area contributed by atoms with Gasteiger partial charge in [0.15, 0.2) is 0 Å². The van der Waals surface area contributed by atoms with Crippen LogP contribution >= 0.6 is 11.8 Å². The first-order chi connectivity index (χ1) is 10.6. The maximum Gasteiger partial charge on any atom is 0.304 e. The number of unbranched alkanes of at least 4 members (excludes halogenated alkanes) is 5. The number of hydrogen-bond acceptors (Lipinski definition) is 3. The molecule has 1 rings (SSSR count). The lowest BCUT2D eigenvalue weighted by Gasteiger charge is -2.21. The molecule has 0 aliphatic heterocycles. The second kappa shape index (κ2) is 11.6. The molecule has 0 radical (unpaired) electrons. The monoisotopic (exact) mass is 324 g/mol. The van der Waals surface area contributed by atoms with E-state index in [2.05, 4.69) is 6.92 Å². The lowest BCUT2D eigenvalue weighted by Crippen LogP contribution is -2.25. The molecule has 124 valence electrons. The fourth-order valence-corrected chi connectivity index (χ4v) is 3.60. The molecule has 0 saturated carbocycles. The van der Waals surface area contributed by atoms with Gasteiger partial charge in [-0.15, -0.1) is 11.8 Å². The molecule has 0 aromatic heterocycles. The van der Waals surface area contributed by atoms with Crippen LogP contribution in [-0.4, -0.2) is 27.5 Å². The Balaban J connectivity index is 2.40. The van der Waals surface area contributed by atoms with Crippen molar-refractivity contribution in [1.29, 1.82) is 0 Å². The molecule has 3 nitrogen and oxygen atoms in total. The van der Waals surface area contributed by atoms with E-state index in [-0.39, 0.29) is 11.7 Å². The van der Waals surface area contributed by atoms with Crippen molar-refractivity contribution in [2.24, 2.45) is 0 Å². The molecule has 0 fully saturated rings. The topological polar surface area (TPSA) is 57.5 Å². The summed E-state index contributed by atoms with van der Waals surface area (Å²) < 4.78 is 0.